The van der Waals surface area contributed by atoms with Gasteiger partial charge in [0.15, 0.2) is 5.82 Å². The third-order valence-corrected chi connectivity index (χ3v) is 13.2. The van der Waals surface area contributed by atoms with Gasteiger partial charge in [0.2, 0.25) is 5.71 Å². The molecule has 0 fully saturated rings. The van der Waals surface area contributed by atoms with Crippen LogP contribution in [0.2, 0.25) is 0 Å². The van der Waals surface area contributed by atoms with Crippen LogP contribution in [0.5, 0.6) is 0 Å². The first-order valence-corrected chi connectivity index (χ1v) is 19.7. The summed E-state index contributed by atoms with van der Waals surface area (Å²) in [4.78, 5) is 11.0. The first-order valence-electron chi connectivity index (χ1n) is 18.9. The number of hydrogen-bond donors (Lipinski definition) is 0. The highest BCUT2D eigenvalue weighted by Gasteiger charge is 2.28. The number of aromatic nitrogens is 4. The summed E-state index contributed by atoms with van der Waals surface area (Å²) >= 11 is 1.88. The van der Waals surface area contributed by atoms with Crippen molar-refractivity contribution in [3.8, 4) is 33.9 Å². The summed E-state index contributed by atoms with van der Waals surface area (Å²) in [5, 5.41) is 11.0. The zero-order valence-corrected chi connectivity index (χ0v) is 30.4. The molecule has 1 aliphatic carbocycles. The molecular weight excluding hydrogens is 705 g/mol. The average Bonchev–Trinajstić information content (AvgIpc) is 3.98. The zero-order chi connectivity index (χ0) is 36.2. The summed E-state index contributed by atoms with van der Waals surface area (Å²) in [6.45, 7) is 0. The molecule has 6 heteroatoms. The normalized spacial score (nSPS) is 12.6. The molecule has 5 heterocycles. The van der Waals surface area contributed by atoms with Gasteiger partial charge in [-0.25, -0.2) is 4.98 Å². The molecule has 0 saturated carbocycles. The minimum absolute atomic E-state index is 0.527. The van der Waals surface area contributed by atoms with E-state index < -0.39 is 0 Å². The smallest absolute Gasteiger partial charge is 0.248 e. The van der Waals surface area contributed by atoms with Crippen molar-refractivity contribution in [1.82, 2.24) is 19.1 Å². The van der Waals surface area contributed by atoms with Crippen molar-refractivity contribution < 1.29 is 4.42 Å². The van der Waals surface area contributed by atoms with Crippen molar-refractivity contribution in [1.29, 1.82) is 0 Å². The van der Waals surface area contributed by atoms with E-state index in [9.17, 15) is 0 Å². The van der Waals surface area contributed by atoms with Gasteiger partial charge in [0.25, 0.3) is 0 Å². The Hall–Kier alpha value is -7.28. The van der Waals surface area contributed by atoms with Crippen molar-refractivity contribution in [2.75, 3.05) is 0 Å². The SMILES string of the molecule is c1ccc(-n2c3ccccc3c3cc(-c4nc5c(nc4-n4c6ccc7cccc8c7c6c6c7c(ccc64)sc4cccc-8c47)oc4ccccc45)ccc32)cc1. The van der Waals surface area contributed by atoms with Crippen molar-refractivity contribution in [2.45, 2.75) is 0 Å². The predicted molar refractivity (Wildman–Crippen MR) is 233 cm³/mol. The van der Waals surface area contributed by atoms with Crippen LogP contribution < -0.4 is 0 Å². The highest BCUT2D eigenvalue weighted by Crippen LogP contribution is 2.52. The van der Waals surface area contributed by atoms with E-state index in [1.165, 1.54) is 63.7 Å². The molecule has 8 aromatic carbocycles. The topological polar surface area (TPSA) is 48.8 Å². The molecule has 14 rings (SSSR count). The Bertz CT molecular complexity index is 3880. The maximum absolute atomic E-state index is 6.49. The van der Waals surface area contributed by atoms with Crippen molar-refractivity contribution in [3.63, 3.8) is 0 Å². The van der Waals surface area contributed by atoms with E-state index in [4.69, 9.17) is 14.4 Å². The van der Waals surface area contributed by atoms with Crippen LogP contribution in [0, 0.1) is 0 Å². The van der Waals surface area contributed by atoms with Crippen LogP contribution in [-0.4, -0.2) is 19.1 Å². The lowest BCUT2D eigenvalue weighted by Gasteiger charge is -2.14. The van der Waals surface area contributed by atoms with Crippen molar-refractivity contribution in [2.24, 2.45) is 0 Å². The maximum atomic E-state index is 6.49. The highest BCUT2D eigenvalue weighted by molar-refractivity contribution is 7.26. The van der Waals surface area contributed by atoms with E-state index in [1.54, 1.807) is 0 Å². The standard InChI is InChI=1S/C50H26N4OS/c1-2-11-29(12-3-1)53-35-17-6-4-13-30(35)34-26-28(21-22-36(34)53)47-49(52-50-48(51-47)33-14-5-7-18-39(33)55-50)54-37-23-20-27-10-8-15-31-32-16-9-19-40-43(32)46-41(56-40)25-24-38(54)45(46)44(37)42(27)31/h1-26H. The lowest BCUT2D eigenvalue weighted by atomic mass is 9.95. The number of para-hydroxylation sites is 3. The number of benzene rings is 8. The fourth-order valence-electron chi connectivity index (χ4n) is 9.79. The fraction of sp³-hybridized carbons (Fsp3) is 0. The first-order chi connectivity index (χ1) is 27.8. The van der Waals surface area contributed by atoms with E-state index in [0.717, 1.165) is 61.2 Å². The first kappa shape index (κ1) is 29.1. The highest BCUT2D eigenvalue weighted by atomic mass is 32.1. The van der Waals surface area contributed by atoms with Crippen LogP contribution in [0.1, 0.15) is 0 Å². The third kappa shape index (κ3) is 3.56. The fourth-order valence-corrected chi connectivity index (χ4v) is 10.9. The van der Waals surface area contributed by atoms with E-state index >= 15 is 0 Å². The van der Waals surface area contributed by atoms with Gasteiger partial charge < -0.3 is 8.98 Å². The maximum Gasteiger partial charge on any atom is 0.248 e. The molecule has 1 aliphatic rings. The van der Waals surface area contributed by atoms with E-state index in [-0.39, 0.29) is 0 Å². The van der Waals surface area contributed by atoms with E-state index in [1.807, 2.05) is 29.5 Å². The quantitative estimate of drug-likeness (QED) is 0.182. The second kappa shape index (κ2) is 10.3. The van der Waals surface area contributed by atoms with Gasteiger partial charge in [-0.2, -0.15) is 4.98 Å². The largest absolute Gasteiger partial charge is 0.436 e. The molecule has 0 amide bonds. The van der Waals surface area contributed by atoms with Gasteiger partial charge in [-0.1, -0.05) is 91.0 Å². The van der Waals surface area contributed by atoms with Gasteiger partial charge >= 0.3 is 0 Å². The van der Waals surface area contributed by atoms with Crippen LogP contribution in [0.25, 0.3) is 131 Å². The van der Waals surface area contributed by atoms with Gasteiger partial charge in [0, 0.05) is 58.4 Å². The van der Waals surface area contributed by atoms with Crippen LogP contribution in [0.15, 0.2) is 162 Å². The summed E-state index contributed by atoms with van der Waals surface area (Å²) in [5.41, 5.74) is 12.1. The molecule has 0 bridgehead atoms. The Morgan fingerprint density at radius 2 is 1.18 bits per heavy atom. The van der Waals surface area contributed by atoms with Crippen LogP contribution in [-0.2, 0) is 0 Å². The number of furan rings is 1. The summed E-state index contributed by atoms with van der Waals surface area (Å²) < 4.78 is 13.8. The lowest BCUT2D eigenvalue weighted by molar-refractivity contribution is 0.652. The molecule has 5 aromatic heterocycles. The molecule has 0 atom stereocenters. The summed E-state index contributed by atoms with van der Waals surface area (Å²) in [6.07, 6.45) is 0. The van der Waals surface area contributed by atoms with Gasteiger partial charge in [-0.05, 0) is 88.6 Å². The minimum Gasteiger partial charge on any atom is -0.436 e. The third-order valence-electron chi connectivity index (χ3n) is 12.1. The second-order valence-electron chi connectivity index (χ2n) is 14.9. The Morgan fingerprint density at radius 3 is 2.09 bits per heavy atom. The van der Waals surface area contributed by atoms with Gasteiger partial charge in [-0.3, -0.25) is 4.57 Å². The van der Waals surface area contributed by atoms with Gasteiger partial charge in [0.05, 0.1) is 22.1 Å². The van der Waals surface area contributed by atoms with Gasteiger partial charge in [-0.15, -0.1) is 11.3 Å². The molecule has 0 N–H and O–H groups in total. The molecule has 56 heavy (non-hydrogen) atoms. The van der Waals surface area contributed by atoms with E-state index in [2.05, 4.69) is 149 Å². The predicted octanol–water partition coefficient (Wildman–Crippen LogP) is 13.7. The number of rotatable bonds is 3. The minimum atomic E-state index is 0.527. The molecule has 5 nitrogen and oxygen atoms in total. The Labute approximate surface area is 321 Å². The van der Waals surface area contributed by atoms with Crippen LogP contribution in [0.3, 0.4) is 0 Å². The Kier molecular flexibility index (Phi) is 5.34. The number of thiophene rings is 1. The number of nitrogens with zero attached hydrogens (tertiary/aromatic N) is 4. The summed E-state index contributed by atoms with van der Waals surface area (Å²) in [7, 11) is 0. The van der Waals surface area contributed by atoms with Crippen LogP contribution >= 0.6 is 11.3 Å². The molecule has 0 saturated heterocycles. The molecule has 0 aliphatic heterocycles. The monoisotopic (exact) mass is 730 g/mol. The Morgan fingerprint density at radius 1 is 0.464 bits per heavy atom. The number of hydrogen-bond acceptors (Lipinski definition) is 4. The molecule has 258 valence electrons. The Balaban J connectivity index is 1.15. The molecule has 0 spiro atoms. The second-order valence-corrected chi connectivity index (χ2v) is 16.0. The van der Waals surface area contributed by atoms with Crippen molar-refractivity contribution in [3.05, 3.63) is 158 Å². The molecular formula is C50H26N4OS. The summed E-state index contributed by atoms with van der Waals surface area (Å²) in [6, 6.07) is 56.8. The average molecular weight is 731 g/mol. The zero-order valence-electron chi connectivity index (χ0n) is 29.6. The van der Waals surface area contributed by atoms with Gasteiger partial charge in [0.1, 0.15) is 16.8 Å². The number of fused-ring (bicyclic) bond motifs is 7. The van der Waals surface area contributed by atoms with E-state index in [0.29, 0.717) is 5.71 Å². The van der Waals surface area contributed by atoms with Crippen LogP contribution in [0.4, 0.5) is 0 Å². The molecule has 13 aromatic rings. The van der Waals surface area contributed by atoms with Crippen molar-refractivity contribution >= 4 is 108 Å². The molecule has 0 unspecified atom stereocenters. The summed E-state index contributed by atoms with van der Waals surface area (Å²) in [5.74, 6) is 0.749. The lowest BCUT2D eigenvalue weighted by Crippen LogP contribution is -2.03. The molecule has 0 radical (unpaired) electrons.